The number of benzene rings is 1. The molecule has 4 N–H and O–H groups in total. The van der Waals surface area contributed by atoms with E-state index < -0.39 is 17.1 Å². The Kier molecular flexibility index (Phi) is 4.11. The molecule has 1 atom stereocenters. The number of nitrogens with one attached hydrogen (secondary N) is 1. The third-order valence-corrected chi connectivity index (χ3v) is 4.00. The van der Waals surface area contributed by atoms with E-state index in [9.17, 15) is 14.7 Å². The highest BCUT2D eigenvalue weighted by Crippen LogP contribution is 2.23. The van der Waals surface area contributed by atoms with Crippen molar-refractivity contribution in [2.45, 2.75) is 11.7 Å². The Balaban J connectivity index is 2.16. The minimum Gasteiger partial charge on any atom is -0.480 e. The zero-order chi connectivity index (χ0) is 13.8. The molecule has 5 nitrogen and oxygen atoms in total. The van der Waals surface area contributed by atoms with Crippen LogP contribution in [0.2, 0.25) is 0 Å². The van der Waals surface area contributed by atoms with Gasteiger partial charge in [-0.2, -0.15) is 0 Å². The van der Waals surface area contributed by atoms with Crippen LogP contribution in [0.4, 0.5) is 0 Å². The molecule has 1 aromatic heterocycles. The van der Waals surface area contributed by atoms with Crippen LogP contribution >= 0.6 is 11.8 Å². The van der Waals surface area contributed by atoms with Crippen molar-refractivity contribution in [1.82, 2.24) is 4.98 Å². The number of aromatic nitrogens is 1. The van der Waals surface area contributed by atoms with Gasteiger partial charge in [-0.1, -0.05) is 18.2 Å². The minimum atomic E-state index is -0.934. The summed E-state index contributed by atoms with van der Waals surface area (Å²) in [4.78, 5) is 25.0. The molecule has 19 heavy (non-hydrogen) atoms. The van der Waals surface area contributed by atoms with Crippen LogP contribution in [0.15, 0.2) is 30.5 Å². The normalized spacial score (nSPS) is 12.4. The Labute approximate surface area is 114 Å². The van der Waals surface area contributed by atoms with Crippen LogP contribution in [0.3, 0.4) is 0 Å². The number of carbonyl (C=O) groups excluding carboxylic acids is 1. The number of primary amides is 1. The minimum absolute atomic E-state index is 0.0132. The zero-order valence-corrected chi connectivity index (χ0v) is 10.9. The van der Waals surface area contributed by atoms with Gasteiger partial charge in [-0.25, -0.2) is 0 Å². The molecule has 2 aromatic rings. The van der Waals surface area contributed by atoms with Gasteiger partial charge in [0.25, 0.3) is 0 Å². The third-order valence-electron chi connectivity index (χ3n) is 2.78. The van der Waals surface area contributed by atoms with E-state index in [1.807, 2.05) is 30.5 Å². The number of rotatable bonds is 6. The molecule has 1 aromatic carbocycles. The average Bonchev–Trinajstić information content (AvgIpc) is 2.77. The van der Waals surface area contributed by atoms with Crippen molar-refractivity contribution in [2.24, 2.45) is 5.73 Å². The van der Waals surface area contributed by atoms with Crippen molar-refractivity contribution in [1.29, 1.82) is 0 Å². The fraction of sp³-hybridized carbons (Fsp3) is 0.231. The zero-order valence-electron chi connectivity index (χ0n) is 10.1. The van der Waals surface area contributed by atoms with E-state index in [0.29, 0.717) is 6.42 Å². The summed E-state index contributed by atoms with van der Waals surface area (Å²) in [5, 5.41) is 9.51. The maximum absolute atomic E-state index is 11.2. The van der Waals surface area contributed by atoms with E-state index in [-0.39, 0.29) is 5.75 Å². The number of nitrogens with two attached hydrogens (primary N) is 1. The van der Waals surface area contributed by atoms with Crippen LogP contribution < -0.4 is 5.73 Å². The highest BCUT2D eigenvalue weighted by Gasteiger charge is 2.20. The summed E-state index contributed by atoms with van der Waals surface area (Å²) < 4.78 is 0. The number of carboxylic acid groups (broad SMARTS) is 1. The molecule has 0 radical (unpaired) electrons. The summed E-state index contributed by atoms with van der Waals surface area (Å²) in [6, 6.07) is 7.70. The molecule has 1 heterocycles. The monoisotopic (exact) mass is 278 g/mol. The first-order valence-electron chi connectivity index (χ1n) is 5.75. The largest absolute Gasteiger partial charge is 0.480 e. The number of fused-ring (bicyclic) bond motifs is 1. The fourth-order valence-corrected chi connectivity index (χ4v) is 2.71. The van der Waals surface area contributed by atoms with Gasteiger partial charge in [0.05, 0.1) is 5.75 Å². The van der Waals surface area contributed by atoms with Crippen molar-refractivity contribution in [3.05, 3.63) is 36.0 Å². The molecular formula is C13H14N2O3S. The van der Waals surface area contributed by atoms with Crippen LogP contribution in [0, 0.1) is 0 Å². The molecule has 0 saturated carbocycles. The molecule has 0 unspecified atom stereocenters. The summed E-state index contributed by atoms with van der Waals surface area (Å²) in [6.45, 7) is 0. The molecule has 0 fully saturated rings. The lowest BCUT2D eigenvalue weighted by molar-refractivity contribution is -0.136. The number of H-pyrrole nitrogens is 1. The molecule has 0 aliphatic rings. The first kappa shape index (κ1) is 13.5. The second-order valence-corrected chi connectivity index (χ2v) is 5.36. The van der Waals surface area contributed by atoms with Crippen LogP contribution in [-0.4, -0.2) is 33.0 Å². The summed E-state index contributed by atoms with van der Waals surface area (Å²) >= 11 is 1.06. The lowest BCUT2D eigenvalue weighted by Gasteiger charge is -2.10. The standard InChI is InChI=1S/C13H14N2O3S/c14-12(16)7-19-11(13(17)18)5-8-6-15-10-4-2-1-3-9(8)10/h1-4,6,11,15H,5,7H2,(H2,14,16)(H,17,18)/t11-/m0/s1. The number of aromatic amines is 1. The van der Waals surface area contributed by atoms with E-state index in [0.717, 1.165) is 28.2 Å². The maximum atomic E-state index is 11.2. The highest BCUT2D eigenvalue weighted by atomic mass is 32.2. The van der Waals surface area contributed by atoms with Crippen LogP contribution in [0.5, 0.6) is 0 Å². The summed E-state index contributed by atoms with van der Waals surface area (Å²) in [7, 11) is 0. The average molecular weight is 278 g/mol. The van der Waals surface area contributed by atoms with Gasteiger partial charge in [0.1, 0.15) is 5.25 Å². The number of hydrogen-bond donors (Lipinski definition) is 3. The molecule has 0 bridgehead atoms. The Morgan fingerprint density at radius 2 is 2.11 bits per heavy atom. The Morgan fingerprint density at radius 3 is 2.79 bits per heavy atom. The van der Waals surface area contributed by atoms with Crippen molar-refractivity contribution in [3.8, 4) is 0 Å². The molecule has 0 saturated heterocycles. The van der Waals surface area contributed by atoms with Crippen LogP contribution in [0.25, 0.3) is 10.9 Å². The fourth-order valence-electron chi connectivity index (χ4n) is 1.90. The van der Waals surface area contributed by atoms with Gasteiger partial charge >= 0.3 is 5.97 Å². The number of thioether (sulfide) groups is 1. The summed E-state index contributed by atoms with van der Waals surface area (Å²) in [5.74, 6) is -1.43. The maximum Gasteiger partial charge on any atom is 0.316 e. The molecule has 2 rings (SSSR count). The van der Waals surface area contributed by atoms with Crippen LogP contribution in [0.1, 0.15) is 5.56 Å². The number of amides is 1. The predicted molar refractivity (Wildman–Crippen MR) is 75.1 cm³/mol. The van der Waals surface area contributed by atoms with Crippen LogP contribution in [-0.2, 0) is 16.0 Å². The van der Waals surface area contributed by atoms with Gasteiger partial charge in [-0.15, -0.1) is 11.8 Å². The Hall–Kier alpha value is -1.95. The Bertz CT molecular complexity index is 609. The predicted octanol–water partition coefficient (Wildman–Crippen LogP) is 1.38. The van der Waals surface area contributed by atoms with Gasteiger partial charge in [0.15, 0.2) is 0 Å². The second-order valence-electron chi connectivity index (χ2n) is 4.17. The number of aliphatic carboxylic acids is 1. The quantitative estimate of drug-likeness (QED) is 0.743. The van der Waals surface area contributed by atoms with E-state index >= 15 is 0 Å². The summed E-state index contributed by atoms with van der Waals surface area (Å²) in [5.41, 5.74) is 6.95. The third kappa shape index (κ3) is 3.29. The number of hydrogen-bond acceptors (Lipinski definition) is 3. The number of para-hydroxylation sites is 1. The molecule has 0 spiro atoms. The van der Waals surface area contributed by atoms with Gasteiger partial charge in [-0.3, -0.25) is 9.59 Å². The molecule has 0 aliphatic carbocycles. The first-order chi connectivity index (χ1) is 9.08. The van der Waals surface area contributed by atoms with Crippen molar-refractivity contribution in [2.75, 3.05) is 5.75 Å². The van der Waals surface area contributed by atoms with E-state index in [4.69, 9.17) is 5.73 Å². The highest BCUT2D eigenvalue weighted by molar-refractivity contribution is 8.01. The summed E-state index contributed by atoms with van der Waals surface area (Å²) in [6.07, 6.45) is 2.17. The lowest BCUT2D eigenvalue weighted by Crippen LogP contribution is -2.23. The van der Waals surface area contributed by atoms with E-state index in [2.05, 4.69) is 4.98 Å². The van der Waals surface area contributed by atoms with Gasteiger partial charge in [0.2, 0.25) is 5.91 Å². The van der Waals surface area contributed by atoms with E-state index in [1.165, 1.54) is 0 Å². The topological polar surface area (TPSA) is 96.2 Å². The smallest absolute Gasteiger partial charge is 0.316 e. The molecule has 6 heteroatoms. The van der Waals surface area contributed by atoms with Gasteiger partial charge in [0, 0.05) is 17.1 Å². The van der Waals surface area contributed by atoms with Gasteiger partial charge < -0.3 is 15.8 Å². The second kappa shape index (κ2) is 5.79. The molecule has 100 valence electrons. The lowest BCUT2D eigenvalue weighted by atomic mass is 10.1. The Morgan fingerprint density at radius 1 is 1.37 bits per heavy atom. The molecule has 0 aliphatic heterocycles. The van der Waals surface area contributed by atoms with Crippen molar-refractivity contribution < 1.29 is 14.7 Å². The SMILES string of the molecule is NC(=O)CS[C@@H](Cc1c[nH]c2ccccc12)C(=O)O. The van der Waals surface area contributed by atoms with Crippen molar-refractivity contribution in [3.63, 3.8) is 0 Å². The van der Waals surface area contributed by atoms with Gasteiger partial charge in [-0.05, 0) is 18.1 Å². The number of carboxylic acids is 1. The van der Waals surface area contributed by atoms with E-state index in [1.54, 1.807) is 0 Å². The molecule has 1 amide bonds. The van der Waals surface area contributed by atoms with Crippen molar-refractivity contribution >= 4 is 34.5 Å². The molecular weight excluding hydrogens is 264 g/mol. The number of carbonyl (C=O) groups is 2. The first-order valence-corrected chi connectivity index (χ1v) is 6.80.